The zero-order valence-corrected chi connectivity index (χ0v) is 14.2. The summed E-state index contributed by atoms with van der Waals surface area (Å²) in [6, 6.07) is 6.11. The lowest BCUT2D eigenvalue weighted by Gasteiger charge is -2.26. The van der Waals surface area contributed by atoms with Gasteiger partial charge in [0.1, 0.15) is 6.17 Å². The second kappa shape index (κ2) is 5.39. The van der Waals surface area contributed by atoms with Crippen molar-refractivity contribution in [3.05, 3.63) is 53.1 Å². The van der Waals surface area contributed by atoms with E-state index in [-0.39, 0.29) is 23.3 Å². The fourth-order valence-electron chi connectivity index (χ4n) is 2.01. The maximum Gasteiger partial charge on any atom is 0.270 e. The predicted molar refractivity (Wildman–Crippen MR) is 86.6 cm³/mol. The monoisotopic (exact) mass is 431 g/mol. The molecule has 0 radical (unpaired) electrons. The number of carbonyl (C=O) groups is 1. The summed E-state index contributed by atoms with van der Waals surface area (Å²) in [6.07, 6.45) is -0.362. The fourth-order valence-corrected chi connectivity index (χ4v) is 4.10. The Balaban J connectivity index is 1.96. The number of hydrogen-bond donors (Lipinski definition) is 2. The van der Waals surface area contributed by atoms with Crippen LogP contribution in [0.4, 0.5) is 11.4 Å². The van der Waals surface area contributed by atoms with E-state index in [1.54, 1.807) is 6.07 Å². The Morgan fingerprint density at radius 3 is 2.62 bits per heavy atom. The van der Waals surface area contributed by atoms with Gasteiger partial charge < -0.3 is 10.6 Å². The Labute approximate surface area is 140 Å². The zero-order chi connectivity index (χ0) is 15.1. The molecule has 1 aliphatic rings. The molecule has 9 heteroatoms. The van der Waals surface area contributed by atoms with Gasteiger partial charge in [-0.25, -0.2) is 0 Å². The highest BCUT2D eigenvalue weighted by atomic mass is 79.9. The van der Waals surface area contributed by atoms with Crippen molar-refractivity contribution in [1.29, 1.82) is 0 Å². The number of carbonyl (C=O) groups excluding carboxylic acids is 1. The third kappa shape index (κ3) is 2.68. The molecule has 2 aromatic rings. The Kier molecular flexibility index (Phi) is 3.72. The minimum absolute atomic E-state index is 0.106. The number of fused-ring (bicyclic) bond motifs is 1. The van der Waals surface area contributed by atoms with Crippen molar-refractivity contribution in [3.63, 3.8) is 0 Å². The maximum atomic E-state index is 12.1. The molecule has 0 aliphatic carbocycles. The highest BCUT2D eigenvalue weighted by Crippen LogP contribution is 2.37. The number of anilines is 1. The number of nitrogens with one attached hydrogen (secondary N) is 2. The number of nitrogens with zero attached hydrogens (tertiary/aromatic N) is 1. The summed E-state index contributed by atoms with van der Waals surface area (Å²) in [4.78, 5) is 23.3. The predicted octanol–water partition coefficient (Wildman–Crippen LogP) is 4.04. The summed E-state index contributed by atoms with van der Waals surface area (Å²) in [5.74, 6) is -0.335. The molecule has 1 aliphatic heterocycles. The van der Waals surface area contributed by atoms with Crippen molar-refractivity contribution < 1.29 is 9.72 Å². The lowest BCUT2D eigenvalue weighted by Crippen LogP contribution is -2.38. The average molecular weight is 433 g/mol. The first-order valence-electron chi connectivity index (χ1n) is 5.76. The third-order valence-electron chi connectivity index (χ3n) is 2.98. The Hall–Kier alpha value is -1.45. The highest BCUT2D eigenvalue weighted by Gasteiger charge is 2.27. The molecule has 0 spiro atoms. The van der Waals surface area contributed by atoms with Crippen LogP contribution in [0.15, 0.2) is 32.5 Å². The van der Waals surface area contributed by atoms with Gasteiger partial charge >= 0.3 is 0 Å². The van der Waals surface area contributed by atoms with E-state index in [1.165, 1.54) is 23.5 Å². The van der Waals surface area contributed by atoms with Gasteiger partial charge in [-0.1, -0.05) is 0 Å². The van der Waals surface area contributed by atoms with Gasteiger partial charge in [-0.05, 0) is 44.0 Å². The van der Waals surface area contributed by atoms with E-state index in [4.69, 9.17) is 0 Å². The molecule has 2 N–H and O–H groups in total. The number of thiophene rings is 1. The van der Waals surface area contributed by atoms with E-state index in [2.05, 4.69) is 42.5 Å². The quantitative estimate of drug-likeness (QED) is 0.554. The van der Waals surface area contributed by atoms with Crippen LogP contribution in [0.5, 0.6) is 0 Å². The van der Waals surface area contributed by atoms with Crippen LogP contribution in [0.25, 0.3) is 0 Å². The molecule has 1 atom stereocenters. The van der Waals surface area contributed by atoms with E-state index in [1.807, 2.05) is 6.07 Å². The molecule has 2 heterocycles. The van der Waals surface area contributed by atoms with Gasteiger partial charge in [-0.3, -0.25) is 14.9 Å². The van der Waals surface area contributed by atoms with Gasteiger partial charge in [0.25, 0.3) is 11.6 Å². The molecule has 6 nitrogen and oxygen atoms in total. The number of benzene rings is 1. The van der Waals surface area contributed by atoms with Crippen LogP contribution in [-0.4, -0.2) is 10.8 Å². The van der Waals surface area contributed by atoms with Crippen molar-refractivity contribution in [3.8, 4) is 0 Å². The first-order chi connectivity index (χ1) is 9.95. The Bertz CT molecular complexity index is 743. The van der Waals surface area contributed by atoms with Crippen LogP contribution in [0.1, 0.15) is 21.4 Å². The minimum Gasteiger partial charge on any atom is -0.360 e. The lowest BCUT2D eigenvalue weighted by atomic mass is 10.1. The van der Waals surface area contributed by atoms with Crippen molar-refractivity contribution >= 4 is 60.5 Å². The lowest BCUT2D eigenvalue weighted by molar-refractivity contribution is -0.384. The largest absolute Gasteiger partial charge is 0.360 e. The molecule has 108 valence electrons. The molecular weight excluding hydrogens is 426 g/mol. The maximum absolute atomic E-state index is 12.1. The molecule has 0 saturated carbocycles. The normalized spacial score (nSPS) is 16.9. The van der Waals surface area contributed by atoms with Crippen LogP contribution in [0, 0.1) is 10.1 Å². The van der Waals surface area contributed by atoms with Crippen LogP contribution < -0.4 is 10.6 Å². The van der Waals surface area contributed by atoms with E-state index in [0.717, 1.165) is 13.1 Å². The third-order valence-corrected chi connectivity index (χ3v) is 6.30. The van der Waals surface area contributed by atoms with Gasteiger partial charge in [0.05, 0.1) is 14.3 Å². The minimum atomic E-state index is -0.521. The fraction of sp³-hybridized carbons (Fsp3) is 0.0833. The molecule has 0 saturated heterocycles. The number of nitro benzene ring substituents is 1. The van der Waals surface area contributed by atoms with Gasteiger partial charge in [-0.2, -0.15) is 0 Å². The van der Waals surface area contributed by atoms with Crippen molar-refractivity contribution in [1.82, 2.24) is 5.32 Å². The molecule has 3 rings (SSSR count). The first-order valence-corrected chi connectivity index (χ1v) is 8.16. The van der Waals surface area contributed by atoms with Gasteiger partial charge in [0.2, 0.25) is 0 Å². The van der Waals surface area contributed by atoms with Crippen LogP contribution in [-0.2, 0) is 0 Å². The summed E-state index contributed by atoms with van der Waals surface area (Å²) >= 11 is 8.30. The number of non-ortho nitro benzene ring substituents is 1. The van der Waals surface area contributed by atoms with Crippen molar-refractivity contribution in [2.45, 2.75) is 6.17 Å². The SMILES string of the molecule is O=C1NC(c2cc(Br)c(Br)s2)Nc2ccc([N+](=O)[O-])cc21. The van der Waals surface area contributed by atoms with Crippen molar-refractivity contribution in [2.24, 2.45) is 0 Å². The van der Waals surface area contributed by atoms with Gasteiger partial charge in [0.15, 0.2) is 0 Å². The zero-order valence-electron chi connectivity index (χ0n) is 10.2. The molecule has 0 fully saturated rings. The van der Waals surface area contributed by atoms with Crippen LogP contribution >= 0.6 is 43.2 Å². The van der Waals surface area contributed by atoms with E-state index in [9.17, 15) is 14.9 Å². The van der Waals surface area contributed by atoms with E-state index >= 15 is 0 Å². The second-order valence-corrected chi connectivity index (χ2v) is 7.56. The average Bonchev–Trinajstić information content (AvgIpc) is 2.78. The Morgan fingerprint density at radius 2 is 2.00 bits per heavy atom. The molecule has 1 amide bonds. The number of hydrogen-bond acceptors (Lipinski definition) is 5. The summed E-state index contributed by atoms with van der Waals surface area (Å²) in [7, 11) is 0. The molecule has 1 aromatic carbocycles. The number of halogens is 2. The first kappa shape index (κ1) is 14.5. The van der Waals surface area contributed by atoms with Crippen LogP contribution in [0.2, 0.25) is 0 Å². The molecular formula is C12H7Br2N3O3S. The Morgan fingerprint density at radius 1 is 1.24 bits per heavy atom. The summed E-state index contributed by atoms with van der Waals surface area (Å²) in [6.45, 7) is 0. The highest BCUT2D eigenvalue weighted by molar-refractivity contribution is 9.13. The molecule has 1 unspecified atom stereocenters. The summed E-state index contributed by atoms with van der Waals surface area (Å²) in [5.41, 5.74) is 0.746. The van der Waals surface area contributed by atoms with Crippen molar-refractivity contribution in [2.75, 3.05) is 5.32 Å². The summed E-state index contributed by atoms with van der Waals surface area (Å²) in [5, 5.41) is 16.7. The van der Waals surface area contributed by atoms with Crippen LogP contribution in [0.3, 0.4) is 0 Å². The van der Waals surface area contributed by atoms with E-state index in [0.29, 0.717) is 5.69 Å². The summed E-state index contributed by atoms with van der Waals surface area (Å²) < 4.78 is 1.84. The number of nitro groups is 1. The molecule has 0 bridgehead atoms. The van der Waals surface area contributed by atoms with Gasteiger partial charge in [0, 0.05) is 27.2 Å². The smallest absolute Gasteiger partial charge is 0.270 e. The number of amides is 1. The van der Waals surface area contributed by atoms with E-state index < -0.39 is 4.92 Å². The second-order valence-electron chi connectivity index (χ2n) is 4.31. The topological polar surface area (TPSA) is 84.3 Å². The standard InChI is InChI=1S/C12H7Br2N3O3S/c13-7-4-9(21-10(7)14)11-15-8-2-1-5(17(19)20)3-6(8)12(18)16-11/h1-4,11,15H,(H,16,18). The molecule has 1 aromatic heterocycles. The number of rotatable bonds is 2. The van der Waals surface area contributed by atoms with Gasteiger partial charge in [-0.15, -0.1) is 11.3 Å². The molecule has 21 heavy (non-hydrogen) atoms.